The maximum Gasteiger partial charge on any atom is 0.254 e. The summed E-state index contributed by atoms with van der Waals surface area (Å²) in [4.78, 5) is 11.9. The molecule has 0 saturated carbocycles. The van der Waals surface area contributed by atoms with Gasteiger partial charge in [0.15, 0.2) is 10.3 Å². The van der Waals surface area contributed by atoms with E-state index in [0.717, 1.165) is 0 Å². The first-order valence-corrected chi connectivity index (χ1v) is 6.53. The molecule has 2 rings (SSSR count). The number of hydrogen-bond donors (Lipinski definition) is 2. The van der Waals surface area contributed by atoms with Gasteiger partial charge >= 0.3 is 0 Å². The second-order valence-electron chi connectivity index (χ2n) is 4.01. The van der Waals surface area contributed by atoms with Gasteiger partial charge in [-0.3, -0.25) is 4.79 Å². The summed E-state index contributed by atoms with van der Waals surface area (Å²) < 4.78 is 0. The number of amides is 1. The molecule has 0 fully saturated rings. The number of carbonyl (C=O) groups is 1. The lowest BCUT2D eigenvalue weighted by Crippen LogP contribution is -2.28. The van der Waals surface area contributed by atoms with Crippen LogP contribution in [0.15, 0.2) is 36.4 Å². The smallest absolute Gasteiger partial charge is 0.254 e. The molecule has 1 aromatic carbocycles. The van der Waals surface area contributed by atoms with Crippen molar-refractivity contribution < 1.29 is 9.90 Å². The van der Waals surface area contributed by atoms with E-state index < -0.39 is 12.0 Å². The van der Waals surface area contributed by atoms with E-state index in [1.165, 1.54) is 6.07 Å². The highest BCUT2D eigenvalue weighted by molar-refractivity contribution is 6.34. The van der Waals surface area contributed by atoms with Gasteiger partial charge in [-0.15, -0.1) is 10.2 Å². The highest BCUT2D eigenvalue weighted by Crippen LogP contribution is 2.16. The molecule has 0 bridgehead atoms. The molecule has 1 aromatic heterocycles. The minimum Gasteiger partial charge on any atom is -0.387 e. The van der Waals surface area contributed by atoms with Gasteiger partial charge in [0.2, 0.25) is 0 Å². The Bertz CT molecular complexity index is 608. The quantitative estimate of drug-likeness (QED) is 0.908. The Morgan fingerprint density at radius 1 is 1.25 bits per heavy atom. The number of rotatable bonds is 4. The maximum atomic E-state index is 11.9. The van der Waals surface area contributed by atoms with Crippen LogP contribution >= 0.6 is 23.2 Å². The third-order valence-corrected chi connectivity index (χ3v) is 3.07. The molecule has 0 aliphatic heterocycles. The lowest BCUT2D eigenvalue weighted by atomic mass is 10.1. The van der Waals surface area contributed by atoms with E-state index in [-0.39, 0.29) is 22.4 Å². The number of aliphatic hydroxyl groups excluding tert-OH is 1. The van der Waals surface area contributed by atoms with Crippen LogP contribution in [0.3, 0.4) is 0 Å². The van der Waals surface area contributed by atoms with Crippen molar-refractivity contribution in [2.45, 2.75) is 6.10 Å². The van der Waals surface area contributed by atoms with E-state index in [9.17, 15) is 9.90 Å². The fourth-order valence-electron chi connectivity index (χ4n) is 1.59. The standard InChI is InChI=1S/C13H11Cl2N3O2/c14-11-6-9(12(15)18-17-11)13(20)16-7-10(19)8-4-2-1-3-5-8/h1-6,10,19H,7H2,(H,16,20). The highest BCUT2D eigenvalue weighted by Gasteiger charge is 2.15. The fraction of sp³-hybridized carbons (Fsp3) is 0.154. The first kappa shape index (κ1) is 14.7. The normalized spacial score (nSPS) is 11.9. The van der Waals surface area contributed by atoms with Gasteiger partial charge in [0.25, 0.3) is 5.91 Å². The van der Waals surface area contributed by atoms with Gasteiger partial charge in [0.05, 0.1) is 11.7 Å². The zero-order valence-electron chi connectivity index (χ0n) is 10.3. The second-order valence-corrected chi connectivity index (χ2v) is 4.75. The summed E-state index contributed by atoms with van der Waals surface area (Å²) in [5.74, 6) is -0.471. The Balaban J connectivity index is 2.00. The number of carbonyl (C=O) groups excluding carboxylic acids is 1. The van der Waals surface area contributed by atoms with Gasteiger partial charge in [-0.25, -0.2) is 0 Å². The van der Waals surface area contributed by atoms with Gasteiger partial charge in [0.1, 0.15) is 0 Å². The second kappa shape index (κ2) is 6.65. The Kier molecular flexibility index (Phi) is 4.89. The number of hydrogen-bond acceptors (Lipinski definition) is 4. The summed E-state index contributed by atoms with van der Waals surface area (Å²) in [5, 5.41) is 19.6. The Morgan fingerprint density at radius 2 is 1.95 bits per heavy atom. The van der Waals surface area contributed by atoms with Crippen LogP contribution in [-0.4, -0.2) is 27.8 Å². The van der Waals surface area contributed by atoms with E-state index in [0.29, 0.717) is 5.56 Å². The fourth-order valence-corrected chi connectivity index (χ4v) is 1.92. The van der Waals surface area contributed by atoms with Crippen LogP contribution in [0.1, 0.15) is 22.0 Å². The van der Waals surface area contributed by atoms with E-state index >= 15 is 0 Å². The molecular formula is C13H11Cl2N3O2. The molecule has 0 spiro atoms. The monoisotopic (exact) mass is 311 g/mol. The SMILES string of the molecule is O=C(NCC(O)c1ccccc1)c1cc(Cl)nnc1Cl. The molecule has 5 nitrogen and oxygen atoms in total. The molecule has 20 heavy (non-hydrogen) atoms. The van der Waals surface area contributed by atoms with Crippen LogP contribution in [0, 0.1) is 0 Å². The average molecular weight is 312 g/mol. The summed E-state index contributed by atoms with van der Waals surface area (Å²) in [6.45, 7) is 0.0547. The average Bonchev–Trinajstić information content (AvgIpc) is 2.47. The van der Waals surface area contributed by atoms with Crippen molar-refractivity contribution in [3.05, 3.63) is 57.8 Å². The molecular weight excluding hydrogens is 301 g/mol. The molecule has 1 heterocycles. The van der Waals surface area contributed by atoms with Crippen LogP contribution in [-0.2, 0) is 0 Å². The molecule has 1 atom stereocenters. The number of aliphatic hydroxyl groups is 1. The van der Waals surface area contributed by atoms with Crippen molar-refractivity contribution >= 4 is 29.1 Å². The molecule has 0 aliphatic carbocycles. The Labute approximate surface area is 125 Å². The van der Waals surface area contributed by atoms with Crippen molar-refractivity contribution in [1.82, 2.24) is 15.5 Å². The maximum absolute atomic E-state index is 11.9. The van der Waals surface area contributed by atoms with Crippen molar-refractivity contribution in [3.63, 3.8) is 0 Å². The number of nitrogens with zero attached hydrogens (tertiary/aromatic N) is 2. The molecule has 1 unspecified atom stereocenters. The third kappa shape index (κ3) is 3.66. The van der Waals surface area contributed by atoms with E-state index in [4.69, 9.17) is 23.2 Å². The molecule has 2 aromatic rings. The summed E-state index contributed by atoms with van der Waals surface area (Å²) >= 11 is 11.4. The minimum absolute atomic E-state index is 0.0406. The third-order valence-electron chi connectivity index (χ3n) is 2.60. The first-order valence-electron chi connectivity index (χ1n) is 5.78. The minimum atomic E-state index is -0.802. The largest absolute Gasteiger partial charge is 0.387 e. The van der Waals surface area contributed by atoms with E-state index in [1.807, 2.05) is 18.2 Å². The molecule has 1 amide bonds. The highest BCUT2D eigenvalue weighted by atomic mass is 35.5. The van der Waals surface area contributed by atoms with Gasteiger partial charge in [-0.05, 0) is 11.6 Å². The van der Waals surface area contributed by atoms with Crippen LogP contribution in [0.25, 0.3) is 0 Å². The molecule has 0 radical (unpaired) electrons. The van der Waals surface area contributed by atoms with Crippen LogP contribution in [0.4, 0.5) is 0 Å². The van der Waals surface area contributed by atoms with Gasteiger partial charge in [-0.2, -0.15) is 0 Å². The number of halogens is 2. The van der Waals surface area contributed by atoms with Crippen molar-refractivity contribution in [2.24, 2.45) is 0 Å². The van der Waals surface area contributed by atoms with E-state index in [1.54, 1.807) is 12.1 Å². The van der Waals surface area contributed by atoms with Crippen LogP contribution < -0.4 is 5.32 Å². The summed E-state index contributed by atoms with van der Waals surface area (Å²) in [6.07, 6.45) is -0.802. The predicted molar refractivity (Wildman–Crippen MR) is 75.8 cm³/mol. The summed E-state index contributed by atoms with van der Waals surface area (Å²) in [5.41, 5.74) is 0.830. The predicted octanol–water partition coefficient (Wildman–Crippen LogP) is 2.25. The van der Waals surface area contributed by atoms with Crippen LogP contribution in [0.5, 0.6) is 0 Å². The first-order chi connectivity index (χ1) is 9.58. The zero-order chi connectivity index (χ0) is 14.5. The lowest BCUT2D eigenvalue weighted by Gasteiger charge is -2.12. The van der Waals surface area contributed by atoms with Gasteiger partial charge in [-0.1, -0.05) is 53.5 Å². The zero-order valence-corrected chi connectivity index (χ0v) is 11.8. The molecule has 104 valence electrons. The Hall–Kier alpha value is -1.69. The van der Waals surface area contributed by atoms with Crippen molar-refractivity contribution in [2.75, 3.05) is 6.54 Å². The number of benzene rings is 1. The number of aromatic nitrogens is 2. The topological polar surface area (TPSA) is 75.1 Å². The van der Waals surface area contributed by atoms with Crippen LogP contribution in [0.2, 0.25) is 10.3 Å². The molecule has 0 saturated heterocycles. The van der Waals surface area contributed by atoms with Gasteiger partial charge in [0, 0.05) is 6.54 Å². The van der Waals surface area contributed by atoms with Crippen molar-refractivity contribution in [3.8, 4) is 0 Å². The molecule has 0 aliphatic rings. The Morgan fingerprint density at radius 3 is 2.65 bits per heavy atom. The summed E-state index contributed by atoms with van der Waals surface area (Å²) in [7, 11) is 0. The summed E-state index contributed by atoms with van der Waals surface area (Å²) in [6, 6.07) is 10.3. The number of nitrogens with one attached hydrogen (secondary N) is 1. The lowest BCUT2D eigenvalue weighted by molar-refractivity contribution is 0.0916. The van der Waals surface area contributed by atoms with Gasteiger partial charge < -0.3 is 10.4 Å². The molecule has 2 N–H and O–H groups in total. The molecule has 7 heteroatoms. The van der Waals surface area contributed by atoms with Crippen molar-refractivity contribution in [1.29, 1.82) is 0 Å². The van der Waals surface area contributed by atoms with E-state index in [2.05, 4.69) is 15.5 Å².